The van der Waals surface area contributed by atoms with Crippen molar-refractivity contribution in [2.45, 2.75) is 46.2 Å². The van der Waals surface area contributed by atoms with Crippen LogP contribution in [0.2, 0.25) is 0 Å². The maximum absolute atomic E-state index is 13.3. The van der Waals surface area contributed by atoms with Crippen LogP contribution < -0.4 is 14.8 Å². The lowest BCUT2D eigenvalue weighted by atomic mass is 9.91. The molecule has 1 fully saturated rings. The van der Waals surface area contributed by atoms with Crippen LogP contribution in [-0.4, -0.2) is 48.3 Å². The average molecular weight is 493 g/mol. The molecule has 192 valence electrons. The molecule has 3 aromatic rings. The number of hydrogen-bond acceptors (Lipinski definition) is 7. The van der Waals surface area contributed by atoms with Crippen molar-refractivity contribution in [1.82, 2.24) is 20.4 Å². The van der Waals surface area contributed by atoms with Gasteiger partial charge in [-0.05, 0) is 61.6 Å². The molecule has 1 N–H and O–H groups in total. The number of aromatic nitrogens is 2. The number of ether oxygens (including phenoxy) is 2. The van der Waals surface area contributed by atoms with Gasteiger partial charge in [0.15, 0.2) is 11.5 Å². The molecule has 2 unspecified atom stereocenters. The summed E-state index contributed by atoms with van der Waals surface area (Å²) in [6, 6.07) is 13.8. The third kappa shape index (κ3) is 5.87. The van der Waals surface area contributed by atoms with E-state index in [0.717, 1.165) is 24.9 Å². The van der Waals surface area contributed by atoms with Gasteiger partial charge in [-0.25, -0.2) is 0 Å². The normalized spacial score (nSPS) is 17.1. The fourth-order valence-corrected chi connectivity index (χ4v) is 4.83. The Morgan fingerprint density at radius 3 is 2.67 bits per heavy atom. The number of carbonyl (C=O) groups excluding carboxylic acids is 1. The Labute approximate surface area is 213 Å². The number of methoxy groups -OCH3 is 2. The summed E-state index contributed by atoms with van der Waals surface area (Å²) in [4.78, 5) is 20.1. The topological polar surface area (TPSA) is 89.7 Å². The zero-order valence-electron chi connectivity index (χ0n) is 21.8. The summed E-state index contributed by atoms with van der Waals surface area (Å²) in [6.45, 7) is 8.46. The van der Waals surface area contributed by atoms with Crippen molar-refractivity contribution in [2.75, 3.05) is 27.3 Å². The van der Waals surface area contributed by atoms with Gasteiger partial charge in [-0.2, -0.15) is 4.98 Å². The van der Waals surface area contributed by atoms with Crippen LogP contribution in [0.15, 0.2) is 47.0 Å². The molecule has 0 spiro atoms. The average Bonchev–Trinajstić information content (AvgIpc) is 3.35. The molecule has 1 aliphatic rings. The molecule has 8 nitrogen and oxygen atoms in total. The molecule has 0 aliphatic carbocycles. The smallest absolute Gasteiger partial charge is 0.241 e. The van der Waals surface area contributed by atoms with E-state index in [-0.39, 0.29) is 17.9 Å². The molecule has 4 rings (SSSR count). The highest BCUT2D eigenvalue weighted by atomic mass is 16.5. The molecule has 36 heavy (non-hydrogen) atoms. The fraction of sp³-hybridized carbons (Fsp3) is 0.464. The maximum Gasteiger partial charge on any atom is 0.241 e. The zero-order valence-corrected chi connectivity index (χ0v) is 21.8. The quantitative estimate of drug-likeness (QED) is 0.459. The molecule has 8 heteroatoms. The van der Waals surface area contributed by atoms with Crippen molar-refractivity contribution in [3.05, 3.63) is 59.5 Å². The highest BCUT2D eigenvalue weighted by molar-refractivity contribution is 5.79. The van der Waals surface area contributed by atoms with Crippen molar-refractivity contribution in [3.8, 4) is 22.9 Å². The molecule has 2 atom stereocenters. The van der Waals surface area contributed by atoms with Crippen molar-refractivity contribution in [3.63, 3.8) is 0 Å². The largest absolute Gasteiger partial charge is 0.493 e. The molecular formula is C28H36N4O4. The number of aryl methyl sites for hydroxylation is 1. The van der Waals surface area contributed by atoms with Gasteiger partial charge < -0.3 is 19.3 Å². The number of likely N-dealkylation sites (tertiary alicyclic amines) is 1. The SMILES string of the molecule is COc1ccc(-c2noc(CN3CCCC(C(=O)NC(c4ccccc4C)C(C)C)C3)n2)cc1OC. The van der Waals surface area contributed by atoms with Crippen molar-refractivity contribution < 1.29 is 18.8 Å². The number of piperidine rings is 1. The standard InChI is InChI=1S/C28H36N4O4/c1-18(2)26(22-11-7-6-9-19(22)3)30-28(33)21-10-8-14-32(16-21)17-25-29-27(31-36-25)20-12-13-23(34-4)24(15-20)35-5/h6-7,9,11-13,15,18,21,26H,8,10,14,16-17H2,1-5H3,(H,30,33). The van der Waals surface area contributed by atoms with E-state index in [9.17, 15) is 4.79 Å². The fourth-order valence-electron chi connectivity index (χ4n) is 4.83. The van der Waals surface area contributed by atoms with Gasteiger partial charge in [0.1, 0.15) is 0 Å². The van der Waals surface area contributed by atoms with Crippen LogP contribution in [-0.2, 0) is 11.3 Å². The Morgan fingerprint density at radius 1 is 1.17 bits per heavy atom. The minimum Gasteiger partial charge on any atom is -0.493 e. The first kappa shape index (κ1) is 25.7. The van der Waals surface area contributed by atoms with Crippen LogP contribution in [0.1, 0.15) is 49.7 Å². The molecule has 0 bridgehead atoms. The lowest BCUT2D eigenvalue weighted by Gasteiger charge is -2.33. The molecule has 2 heterocycles. The summed E-state index contributed by atoms with van der Waals surface area (Å²) in [5.74, 6) is 2.61. The third-order valence-corrected chi connectivity index (χ3v) is 6.83. The van der Waals surface area contributed by atoms with E-state index in [4.69, 9.17) is 14.0 Å². The van der Waals surface area contributed by atoms with E-state index in [1.165, 1.54) is 11.1 Å². The maximum atomic E-state index is 13.3. The van der Waals surface area contributed by atoms with Gasteiger partial charge >= 0.3 is 0 Å². The number of hydrogen-bond donors (Lipinski definition) is 1. The summed E-state index contributed by atoms with van der Waals surface area (Å²) >= 11 is 0. The van der Waals surface area contributed by atoms with Crippen LogP contribution in [0, 0.1) is 18.8 Å². The number of carbonyl (C=O) groups is 1. The number of nitrogens with zero attached hydrogens (tertiary/aromatic N) is 3. The first-order valence-electron chi connectivity index (χ1n) is 12.5. The van der Waals surface area contributed by atoms with E-state index in [1.54, 1.807) is 14.2 Å². The Bertz CT molecular complexity index is 1180. The summed E-state index contributed by atoms with van der Waals surface area (Å²) in [5.41, 5.74) is 3.17. The Morgan fingerprint density at radius 2 is 1.94 bits per heavy atom. The van der Waals surface area contributed by atoms with E-state index < -0.39 is 0 Å². The molecular weight excluding hydrogens is 456 g/mol. The minimum atomic E-state index is -0.0720. The lowest BCUT2D eigenvalue weighted by Crippen LogP contribution is -2.44. The molecule has 1 saturated heterocycles. The predicted molar refractivity (Wildman–Crippen MR) is 138 cm³/mol. The third-order valence-electron chi connectivity index (χ3n) is 6.83. The summed E-state index contributed by atoms with van der Waals surface area (Å²) in [5, 5.41) is 7.48. The van der Waals surface area contributed by atoms with E-state index in [2.05, 4.69) is 53.3 Å². The van der Waals surface area contributed by atoms with E-state index in [0.29, 0.717) is 42.2 Å². The highest BCUT2D eigenvalue weighted by Gasteiger charge is 2.29. The van der Waals surface area contributed by atoms with Crippen LogP contribution in [0.4, 0.5) is 0 Å². The number of rotatable bonds is 9. The van der Waals surface area contributed by atoms with Crippen LogP contribution in [0.25, 0.3) is 11.4 Å². The van der Waals surface area contributed by atoms with Crippen molar-refractivity contribution >= 4 is 5.91 Å². The second-order valence-corrected chi connectivity index (χ2v) is 9.74. The minimum absolute atomic E-state index is 0.00550. The molecule has 2 aromatic carbocycles. The van der Waals surface area contributed by atoms with Gasteiger partial charge in [0.05, 0.1) is 32.7 Å². The summed E-state index contributed by atoms with van der Waals surface area (Å²) in [6.07, 6.45) is 1.83. The second-order valence-electron chi connectivity index (χ2n) is 9.74. The van der Waals surface area contributed by atoms with Crippen LogP contribution in [0.3, 0.4) is 0 Å². The lowest BCUT2D eigenvalue weighted by molar-refractivity contribution is -0.128. The van der Waals surface area contributed by atoms with E-state index in [1.807, 2.05) is 30.3 Å². The van der Waals surface area contributed by atoms with Crippen LogP contribution >= 0.6 is 0 Å². The summed E-state index contributed by atoms with van der Waals surface area (Å²) < 4.78 is 16.2. The van der Waals surface area contributed by atoms with E-state index >= 15 is 0 Å². The molecule has 0 radical (unpaired) electrons. The molecule has 1 aliphatic heterocycles. The molecule has 0 saturated carbocycles. The number of benzene rings is 2. The Kier molecular flexibility index (Phi) is 8.25. The van der Waals surface area contributed by atoms with Crippen LogP contribution in [0.5, 0.6) is 11.5 Å². The van der Waals surface area contributed by atoms with Gasteiger partial charge in [-0.15, -0.1) is 0 Å². The Hall–Kier alpha value is -3.39. The second kappa shape index (κ2) is 11.6. The zero-order chi connectivity index (χ0) is 25.7. The van der Waals surface area contributed by atoms with Gasteiger partial charge in [0, 0.05) is 12.1 Å². The monoisotopic (exact) mass is 492 g/mol. The van der Waals surface area contributed by atoms with Gasteiger partial charge in [0.2, 0.25) is 17.6 Å². The highest BCUT2D eigenvalue weighted by Crippen LogP contribution is 2.31. The predicted octanol–water partition coefficient (Wildman–Crippen LogP) is 4.79. The summed E-state index contributed by atoms with van der Waals surface area (Å²) in [7, 11) is 3.19. The van der Waals surface area contributed by atoms with Gasteiger partial charge in [-0.1, -0.05) is 43.3 Å². The molecule has 1 amide bonds. The first-order chi connectivity index (χ1) is 17.4. The number of nitrogens with one attached hydrogen (secondary N) is 1. The van der Waals surface area contributed by atoms with Gasteiger partial charge in [-0.3, -0.25) is 9.69 Å². The van der Waals surface area contributed by atoms with Crippen molar-refractivity contribution in [1.29, 1.82) is 0 Å². The first-order valence-corrected chi connectivity index (χ1v) is 12.5. The van der Waals surface area contributed by atoms with Gasteiger partial charge in [0.25, 0.3) is 0 Å². The number of amides is 1. The Balaban J connectivity index is 1.40. The molecule has 1 aromatic heterocycles. The van der Waals surface area contributed by atoms with Crippen molar-refractivity contribution in [2.24, 2.45) is 11.8 Å².